The third-order valence-corrected chi connectivity index (χ3v) is 2.79. The van der Waals surface area contributed by atoms with E-state index in [1.807, 2.05) is 30.3 Å². The molecule has 2 rings (SSSR count). The molecule has 1 aliphatic heterocycles. The molecule has 1 fully saturated rings. The molecule has 1 aliphatic rings. The van der Waals surface area contributed by atoms with E-state index >= 15 is 0 Å². The van der Waals surface area contributed by atoms with E-state index in [-0.39, 0.29) is 19.0 Å². The lowest BCUT2D eigenvalue weighted by Crippen LogP contribution is -2.25. The zero-order valence-electron chi connectivity index (χ0n) is 9.34. The monoisotopic (exact) mass is 222 g/mol. The Balaban J connectivity index is 1.94. The first-order chi connectivity index (χ1) is 7.90. The number of rotatable bonds is 4. The molecule has 0 unspecified atom stereocenters. The van der Waals surface area contributed by atoms with Gasteiger partial charge in [-0.2, -0.15) is 0 Å². The van der Waals surface area contributed by atoms with Crippen LogP contribution >= 0.6 is 0 Å². The number of hydrogen-bond donors (Lipinski definition) is 1. The van der Waals surface area contributed by atoms with Crippen LogP contribution in [0.5, 0.6) is 0 Å². The van der Waals surface area contributed by atoms with Crippen molar-refractivity contribution >= 4 is 0 Å². The summed E-state index contributed by atoms with van der Waals surface area (Å²) in [7, 11) is 0. The highest BCUT2D eigenvalue weighted by Crippen LogP contribution is 2.23. The zero-order chi connectivity index (χ0) is 11.2. The highest BCUT2D eigenvalue weighted by molar-refractivity contribution is 5.17. The maximum Gasteiger partial charge on any atom is 0.158 e. The van der Waals surface area contributed by atoms with Gasteiger partial charge in [-0.3, -0.25) is 0 Å². The average Bonchev–Trinajstić information content (AvgIpc) is 2.38. The van der Waals surface area contributed by atoms with Crippen molar-refractivity contribution in [1.29, 1.82) is 0 Å². The summed E-state index contributed by atoms with van der Waals surface area (Å²) < 4.78 is 11.3. The molecule has 1 aromatic rings. The van der Waals surface area contributed by atoms with Gasteiger partial charge in [-0.25, -0.2) is 0 Å². The average molecular weight is 222 g/mol. The molecule has 0 aromatic heterocycles. The molecule has 16 heavy (non-hydrogen) atoms. The van der Waals surface area contributed by atoms with Gasteiger partial charge in [0.1, 0.15) is 6.10 Å². The molecule has 0 amide bonds. The molecule has 0 radical (unpaired) electrons. The fraction of sp³-hybridized carbons (Fsp3) is 0.538. The van der Waals surface area contributed by atoms with Gasteiger partial charge in [0.15, 0.2) is 6.29 Å². The Bertz CT molecular complexity index is 293. The lowest BCUT2D eigenvalue weighted by atomic mass is 10.1. The fourth-order valence-corrected chi connectivity index (χ4v) is 1.90. The lowest BCUT2D eigenvalue weighted by Gasteiger charge is -2.27. The molecule has 88 valence electrons. The van der Waals surface area contributed by atoms with Gasteiger partial charge in [-0.05, 0) is 24.8 Å². The van der Waals surface area contributed by atoms with E-state index in [4.69, 9.17) is 9.47 Å². The summed E-state index contributed by atoms with van der Waals surface area (Å²) in [4.78, 5) is 0. The van der Waals surface area contributed by atoms with Crippen LogP contribution in [0.1, 0.15) is 30.9 Å². The Labute approximate surface area is 96.0 Å². The number of aliphatic hydroxyl groups is 1. The van der Waals surface area contributed by atoms with Gasteiger partial charge in [0.25, 0.3) is 0 Å². The molecule has 3 nitrogen and oxygen atoms in total. The SMILES string of the molecule is OC[C@@H](O[C@@H]1CCCCO1)c1ccccc1. The van der Waals surface area contributed by atoms with E-state index in [0.29, 0.717) is 0 Å². The highest BCUT2D eigenvalue weighted by atomic mass is 16.7. The van der Waals surface area contributed by atoms with Gasteiger partial charge in [0.05, 0.1) is 6.61 Å². The van der Waals surface area contributed by atoms with Gasteiger partial charge < -0.3 is 14.6 Å². The molecule has 1 heterocycles. The minimum absolute atomic E-state index is 0.0100. The molecule has 0 aliphatic carbocycles. The van der Waals surface area contributed by atoms with Crippen LogP contribution in [-0.4, -0.2) is 24.6 Å². The van der Waals surface area contributed by atoms with Gasteiger partial charge in [0.2, 0.25) is 0 Å². The van der Waals surface area contributed by atoms with Crippen LogP contribution in [-0.2, 0) is 9.47 Å². The molecule has 3 heteroatoms. The van der Waals surface area contributed by atoms with Crippen LogP contribution < -0.4 is 0 Å². The van der Waals surface area contributed by atoms with Gasteiger partial charge >= 0.3 is 0 Å². The zero-order valence-corrected chi connectivity index (χ0v) is 9.34. The molecule has 0 saturated carbocycles. The second-order valence-electron chi connectivity index (χ2n) is 4.01. The summed E-state index contributed by atoms with van der Waals surface area (Å²) in [5.41, 5.74) is 0.999. The van der Waals surface area contributed by atoms with Crippen molar-refractivity contribution in [2.75, 3.05) is 13.2 Å². The first-order valence-electron chi connectivity index (χ1n) is 5.83. The van der Waals surface area contributed by atoms with Gasteiger partial charge in [-0.15, -0.1) is 0 Å². The molecular weight excluding hydrogens is 204 g/mol. The smallest absolute Gasteiger partial charge is 0.158 e. The highest BCUT2D eigenvalue weighted by Gasteiger charge is 2.20. The third-order valence-electron chi connectivity index (χ3n) is 2.79. The first kappa shape index (κ1) is 11.6. The predicted octanol–water partition coefficient (Wildman–Crippen LogP) is 2.26. The van der Waals surface area contributed by atoms with Crippen molar-refractivity contribution in [3.05, 3.63) is 35.9 Å². The van der Waals surface area contributed by atoms with E-state index < -0.39 is 0 Å². The standard InChI is InChI=1S/C13H18O3/c14-10-12(11-6-2-1-3-7-11)16-13-8-4-5-9-15-13/h1-3,6-7,12-14H,4-5,8-10H2/t12-,13-/m1/s1. The quantitative estimate of drug-likeness (QED) is 0.849. The van der Waals surface area contributed by atoms with Crippen LogP contribution in [0.2, 0.25) is 0 Å². The second-order valence-corrected chi connectivity index (χ2v) is 4.01. The van der Waals surface area contributed by atoms with Crippen molar-refractivity contribution in [2.45, 2.75) is 31.7 Å². The van der Waals surface area contributed by atoms with E-state index in [1.165, 1.54) is 0 Å². The molecule has 2 atom stereocenters. The predicted molar refractivity (Wildman–Crippen MR) is 60.9 cm³/mol. The summed E-state index contributed by atoms with van der Waals surface area (Å²) in [6, 6.07) is 9.77. The normalized spacial score (nSPS) is 22.9. The Kier molecular flexibility index (Phi) is 4.34. The van der Waals surface area contributed by atoms with Crippen LogP contribution in [0.4, 0.5) is 0 Å². The van der Waals surface area contributed by atoms with E-state index in [2.05, 4.69) is 0 Å². The van der Waals surface area contributed by atoms with Crippen molar-refractivity contribution in [3.63, 3.8) is 0 Å². The number of ether oxygens (including phenoxy) is 2. The molecule has 1 saturated heterocycles. The van der Waals surface area contributed by atoms with E-state index in [1.54, 1.807) is 0 Å². The van der Waals surface area contributed by atoms with Crippen LogP contribution in [0.15, 0.2) is 30.3 Å². The number of aliphatic hydroxyl groups excluding tert-OH is 1. The van der Waals surface area contributed by atoms with Crippen LogP contribution in [0.3, 0.4) is 0 Å². The number of hydrogen-bond acceptors (Lipinski definition) is 3. The van der Waals surface area contributed by atoms with Crippen molar-refractivity contribution in [1.82, 2.24) is 0 Å². The lowest BCUT2D eigenvalue weighted by molar-refractivity contribution is -0.196. The first-order valence-corrected chi connectivity index (χ1v) is 5.83. The van der Waals surface area contributed by atoms with Gasteiger partial charge in [0, 0.05) is 6.61 Å². The maximum atomic E-state index is 9.33. The summed E-state index contributed by atoms with van der Waals surface area (Å²) in [5.74, 6) is 0. The van der Waals surface area contributed by atoms with Crippen LogP contribution in [0.25, 0.3) is 0 Å². The Morgan fingerprint density at radius 3 is 2.75 bits per heavy atom. The Morgan fingerprint density at radius 2 is 2.12 bits per heavy atom. The molecule has 0 bridgehead atoms. The number of benzene rings is 1. The van der Waals surface area contributed by atoms with Crippen molar-refractivity contribution in [2.24, 2.45) is 0 Å². The minimum atomic E-state index is -0.274. The fourth-order valence-electron chi connectivity index (χ4n) is 1.90. The minimum Gasteiger partial charge on any atom is -0.393 e. The Hall–Kier alpha value is -0.900. The molecular formula is C13H18O3. The molecule has 1 N–H and O–H groups in total. The third kappa shape index (κ3) is 3.04. The molecule has 0 spiro atoms. The summed E-state index contributed by atoms with van der Waals surface area (Å²) in [6.07, 6.45) is 2.73. The largest absolute Gasteiger partial charge is 0.393 e. The van der Waals surface area contributed by atoms with Gasteiger partial charge in [-0.1, -0.05) is 30.3 Å². The summed E-state index contributed by atoms with van der Waals surface area (Å²) in [6.45, 7) is 0.751. The van der Waals surface area contributed by atoms with Crippen molar-refractivity contribution in [3.8, 4) is 0 Å². The Morgan fingerprint density at radius 1 is 1.31 bits per heavy atom. The molecule has 1 aromatic carbocycles. The van der Waals surface area contributed by atoms with Crippen LogP contribution in [0, 0.1) is 0 Å². The summed E-state index contributed by atoms with van der Waals surface area (Å²) >= 11 is 0. The van der Waals surface area contributed by atoms with Crippen molar-refractivity contribution < 1.29 is 14.6 Å². The summed E-state index contributed by atoms with van der Waals surface area (Å²) in [5, 5.41) is 9.33. The topological polar surface area (TPSA) is 38.7 Å². The second kappa shape index (κ2) is 5.99. The van der Waals surface area contributed by atoms with E-state index in [9.17, 15) is 5.11 Å². The van der Waals surface area contributed by atoms with E-state index in [0.717, 1.165) is 31.4 Å². The maximum absolute atomic E-state index is 9.33.